The van der Waals surface area contributed by atoms with Crippen molar-refractivity contribution in [2.75, 3.05) is 5.32 Å². The van der Waals surface area contributed by atoms with E-state index in [2.05, 4.69) is 34.0 Å². The van der Waals surface area contributed by atoms with Crippen LogP contribution in [0.5, 0.6) is 5.75 Å². The summed E-state index contributed by atoms with van der Waals surface area (Å²) in [5.41, 5.74) is 2.06. The van der Waals surface area contributed by atoms with Crippen LogP contribution in [0, 0.1) is 8.70 Å². The molecule has 3 rings (SSSR count). The smallest absolute Gasteiger partial charge is 0.166 e. The molecule has 1 aliphatic rings. The van der Waals surface area contributed by atoms with E-state index in [1.165, 1.54) is 25.5 Å². The second-order valence-electron chi connectivity index (χ2n) is 4.68. The number of benzene rings is 1. The Bertz CT molecular complexity index is 613. The van der Waals surface area contributed by atoms with Gasteiger partial charge >= 0.3 is 0 Å². The van der Waals surface area contributed by atoms with Crippen molar-refractivity contribution >= 4 is 39.6 Å². The van der Waals surface area contributed by atoms with Crippen molar-refractivity contribution in [3.05, 3.63) is 43.4 Å². The van der Waals surface area contributed by atoms with Crippen LogP contribution in [0.3, 0.4) is 0 Å². The highest BCUT2D eigenvalue weighted by Crippen LogP contribution is 2.38. The fourth-order valence-electron chi connectivity index (χ4n) is 2.47. The molecule has 100 valence electrons. The summed E-state index contributed by atoms with van der Waals surface area (Å²) in [6.45, 7) is 0. The van der Waals surface area contributed by atoms with Crippen LogP contribution in [-0.2, 0) is 6.42 Å². The topological polar surface area (TPSA) is 32.3 Å². The number of thiophene rings is 1. The normalized spacial score (nSPS) is 18.1. The SMILES string of the molecule is Oc1ccc(NC2CCCc3sc(I)cc32)cc1F. The quantitative estimate of drug-likeness (QED) is 0.577. The highest BCUT2D eigenvalue weighted by atomic mass is 127. The van der Waals surface area contributed by atoms with Crippen LogP contribution in [0.15, 0.2) is 24.3 Å². The molecule has 0 aliphatic heterocycles. The molecule has 1 aromatic carbocycles. The van der Waals surface area contributed by atoms with E-state index >= 15 is 0 Å². The molecule has 2 N–H and O–H groups in total. The third-order valence-corrected chi connectivity index (χ3v) is 5.34. The van der Waals surface area contributed by atoms with Gasteiger partial charge in [0.15, 0.2) is 11.6 Å². The van der Waals surface area contributed by atoms with E-state index in [4.69, 9.17) is 0 Å². The summed E-state index contributed by atoms with van der Waals surface area (Å²) in [6, 6.07) is 6.91. The first-order valence-corrected chi connectivity index (χ1v) is 8.06. The highest BCUT2D eigenvalue weighted by Gasteiger charge is 2.22. The van der Waals surface area contributed by atoms with Crippen molar-refractivity contribution in [3.8, 4) is 5.75 Å². The summed E-state index contributed by atoms with van der Waals surface area (Å²) in [5, 5.41) is 12.6. The standard InChI is InChI=1S/C14H13FINOS/c15-10-6-8(4-5-12(10)18)17-11-2-1-3-13-9(11)7-14(16)19-13/h4-7,11,17-18H,1-3H2. The molecular formula is C14H13FINOS. The number of phenolic OH excluding ortho intramolecular Hbond substituents is 1. The number of aryl methyl sites for hydroxylation is 1. The lowest BCUT2D eigenvalue weighted by Crippen LogP contribution is -2.15. The Morgan fingerprint density at radius 3 is 3.00 bits per heavy atom. The Kier molecular flexibility index (Phi) is 3.66. The summed E-state index contributed by atoms with van der Waals surface area (Å²) < 4.78 is 14.6. The Hall–Kier alpha value is -0.820. The lowest BCUT2D eigenvalue weighted by Gasteiger charge is -2.24. The van der Waals surface area contributed by atoms with Crippen LogP contribution in [0.25, 0.3) is 0 Å². The number of aromatic hydroxyl groups is 1. The van der Waals surface area contributed by atoms with Crippen LogP contribution in [0.2, 0.25) is 0 Å². The maximum atomic E-state index is 13.3. The lowest BCUT2D eigenvalue weighted by atomic mass is 9.94. The summed E-state index contributed by atoms with van der Waals surface area (Å²) in [7, 11) is 0. The van der Waals surface area contributed by atoms with Gasteiger partial charge in [0.25, 0.3) is 0 Å². The molecule has 0 saturated heterocycles. The van der Waals surface area contributed by atoms with E-state index in [0.29, 0.717) is 5.69 Å². The summed E-state index contributed by atoms with van der Waals surface area (Å²) in [4.78, 5) is 1.44. The first-order valence-electron chi connectivity index (χ1n) is 6.16. The van der Waals surface area contributed by atoms with Gasteiger partial charge in [-0.25, -0.2) is 4.39 Å². The molecule has 2 nitrogen and oxygen atoms in total. The fourth-order valence-corrected chi connectivity index (χ4v) is 4.59. The first kappa shape index (κ1) is 13.2. The molecule has 0 spiro atoms. The number of fused-ring (bicyclic) bond motifs is 1. The number of hydrogen-bond donors (Lipinski definition) is 2. The minimum atomic E-state index is -0.582. The van der Waals surface area contributed by atoms with Crippen LogP contribution >= 0.6 is 33.9 Å². The van der Waals surface area contributed by atoms with Crippen molar-refractivity contribution < 1.29 is 9.50 Å². The molecule has 1 heterocycles. The fraction of sp³-hybridized carbons (Fsp3) is 0.286. The predicted molar refractivity (Wildman–Crippen MR) is 84.4 cm³/mol. The van der Waals surface area contributed by atoms with E-state index in [1.807, 2.05) is 11.3 Å². The summed E-state index contributed by atoms with van der Waals surface area (Å²) in [5.74, 6) is -0.888. The van der Waals surface area contributed by atoms with Crippen molar-refractivity contribution in [2.45, 2.75) is 25.3 Å². The number of halogens is 2. The second kappa shape index (κ2) is 5.28. The average Bonchev–Trinajstić information content (AvgIpc) is 2.75. The number of hydrogen-bond acceptors (Lipinski definition) is 3. The molecule has 1 aromatic heterocycles. The van der Waals surface area contributed by atoms with Crippen LogP contribution in [0.4, 0.5) is 10.1 Å². The number of nitrogens with one attached hydrogen (secondary N) is 1. The molecule has 0 saturated carbocycles. The number of phenols is 1. The van der Waals surface area contributed by atoms with Gasteiger partial charge in [0.05, 0.1) is 8.93 Å². The van der Waals surface area contributed by atoms with E-state index < -0.39 is 5.82 Å². The highest BCUT2D eigenvalue weighted by molar-refractivity contribution is 14.1. The minimum Gasteiger partial charge on any atom is -0.505 e. The van der Waals surface area contributed by atoms with Crippen molar-refractivity contribution in [2.24, 2.45) is 0 Å². The van der Waals surface area contributed by atoms with E-state index in [0.717, 1.165) is 19.3 Å². The molecular weight excluding hydrogens is 376 g/mol. The van der Waals surface area contributed by atoms with E-state index in [1.54, 1.807) is 6.07 Å². The number of rotatable bonds is 2. The second-order valence-corrected chi connectivity index (χ2v) is 7.72. The molecule has 0 amide bonds. The molecule has 0 radical (unpaired) electrons. The first-order chi connectivity index (χ1) is 9.13. The van der Waals surface area contributed by atoms with Crippen LogP contribution < -0.4 is 5.32 Å². The van der Waals surface area contributed by atoms with E-state index in [-0.39, 0.29) is 11.8 Å². The third-order valence-electron chi connectivity index (χ3n) is 3.37. The Morgan fingerprint density at radius 2 is 2.21 bits per heavy atom. The molecule has 0 bridgehead atoms. The molecule has 1 unspecified atom stereocenters. The van der Waals surface area contributed by atoms with Gasteiger partial charge in [0.1, 0.15) is 0 Å². The summed E-state index contributed by atoms with van der Waals surface area (Å²) in [6.07, 6.45) is 3.36. The Morgan fingerprint density at radius 1 is 1.37 bits per heavy atom. The van der Waals surface area contributed by atoms with Gasteiger partial charge in [-0.05, 0) is 65.6 Å². The maximum Gasteiger partial charge on any atom is 0.166 e. The lowest BCUT2D eigenvalue weighted by molar-refractivity contribution is 0.432. The molecule has 19 heavy (non-hydrogen) atoms. The largest absolute Gasteiger partial charge is 0.505 e. The van der Waals surface area contributed by atoms with Gasteiger partial charge in [0.2, 0.25) is 0 Å². The molecule has 2 aromatic rings. The monoisotopic (exact) mass is 389 g/mol. The van der Waals surface area contributed by atoms with Crippen molar-refractivity contribution in [1.29, 1.82) is 0 Å². The van der Waals surface area contributed by atoms with Gasteiger partial charge in [-0.2, -0.15) is 0 Å². The average molecular weight is 389 g/mol. The molecule has 5 heteroatoms. The van der Waals surface area contributed by atoms with Gasteiger partial charge in [-0.1, -0.05) is 0 Å². The van der Waals surface area contributed by atoms with Crippen molar-refractivity contribution in [3.63, 3.8) is 0 Å². The minimum absolute atomic E-state index is 0.243. The van der Waals surface area contributed by atoms with Gasteiger partial charge < -0.3 is 10.4 Å². The van der Waals surface area contributed by atoms with Gasteiger partial charge in [-0.15, -0.1) is 11.3 Å². The number of anilines is 1. The Labute approximate surface area is 128 Å². The molecule has 1 aliphatic carbocycles. The Balaban J connectivity index is 1.86. The van der Waals surface area contributed by atoms with Gasteiger partial charge in [-0.3, -0.25) is 0 Å². The molecule has 1 atom stereocenters. The van der Waals surface area contributed by atoms with E-state index in [9.17, 15) is 9.50 Å². The van der Waals surface area contributed by atoms with Crippen molar-refractivity contribution in [1.82, 2.24) is 0 Å². The zero-order valence-corrected chi connectivity index (χ0v) is 13.1. The predicted octanol–water partition coefficient (Wildman–Crippen LogP) is 4.69. The third kappa shape index (κ3) is 2.72. The molecule has 0 fully saturated rings. The zero-order chi connectivity index (χ0) is 13.4. The van der Waals surface area contributed by atoms with Gasteiger partial charge in [0, 0.05) is 16.6 Å². The van der Waals surface area contributed by atoms with Crippen LogP contribution in [-0.4, -0.2) is 5.11 Å². The summed E-state index contributed by atoms with van der Waals surface area (Å²) >= 11 is 4.19. The zero-order valence-electron chi connectivity index (χ0n) is 10.1. The van der Waals surface area contributed by atoms with Crippen LogP contribution in [0.1, 0.15) is 29.3 Å². The maximum absolute atomic E-state index is 13.3.